The normalized spacial score (nSPS) is 10.5. The van der Waals surface area contributed by atoms with Crippen molar-refractivity contribution in [3.05, 3.63) is 59.9 Å². The minimum absolute atomic E-state index is 0.108. The van der Waals surface area contributed by atoms with Crippen LogP contribution in [0.25, 0.3) is 0 Å². The Morgan fingerprint density at radius 3 is 2.47 bits per heavy atom. The average molecular weight is 259 g/mol. The van der Waals surface area contributed by atoms with Gasteiger partial charge >= 0.3 is 0 Å². The van der Waals surface area contributed by atoms with Gasteiger partial charge in [-0.1, -0.05) is 30.3 Å². The Labute approximate surface area is 113 Å². The monoisotopic (exact) mass is 259 g/mol. The van der Waals surface area contributed by atoms with Crippen molar-refractivity contribution in [2.24, 2.45) is 0 Å². The second-order valence-electron chi connectivity index (χ2n) is 4.61. The van der Waals surface area contributed by atoms with Crippen LogP contribution >= 0.6 is 0 Å². The molecule has 0 spiro atoms. The van der Waals surface area contributed by atoms with Gasteiger partial charge in [-0.3, -0.25) is 0 Å². The third-order valence-corrected chi connectivity index (χ3v) is 2.68. The van der Waals surface area contributed by atoms with Crippen molar-refractivity contribution in [3.8, 4) is 5.75 Å². The highest BCUT2D eigenvalue weighted by Gasteiger charge is 2.06. The molecule has 0 aliphatic carbocycles. The van der Waals surface area contributed by atoms with Crippen molar-refractivity contribution in [2.75, 3.05) is 5.32 Å². The minimum Gasteiger partial charge on any atom is -0.489 e. The summed E-state index contributed by atoms with van der Waals surface area (Å²) >= 11 is 0. The number of halogens is 1. The van der Waals surface area contributed by atoms with Crippen LogP contribution in [0, 0.1) is 5.82 Å². The lowest BCUT2D eigenvalue weighted by Gasteiger charge is -2.15. The molecule has 2 nitrogen and oxygen atoms in total. The molecule has 2 rings (SSSR count). The van der Waals surface area contributed by atoms with Gasteiger partial charge in [0.1, 0.15) is 11.6 Å². The molecule has 0 saturated carbocycles. The summed E-state index contributed by atoms with van der Waals surface area (Å²) in [5.41, 5.74) is 1.52. The Bertz CT molecular complexity index is 540. The zero-order chi connectivity index (χ0) is 13.7. The SMILES string of the molecule is CC(C)Oc1ccccc1NCc1ccccc1F. The number of hydrogen-bond acceptors (Lipinski definition) is 2. The number of ether oxygens (including phenoxy) is 1. The molecular weight excluding hydrogens is 241 g/mol. The van der Waals surface area contributed by atoms with E-state index in [2.05, 4.69) is 5.32 Å². The molecule has 0 bridgehead atoms. The standard InChI is InChI=1S/C16H18FNO/c1-12(2)19-16-10-6-5-9-15(16)18-11-13-7-3-4-8-14(13)17/h3-10,12,18H,11H2,1-2H3. The second kappa shape index (κ2) is 6.23. The van der Waals surface area contributed by atoms with Crippen molar-refractivity contribution in [2.45, 2.75) is 26.5 Å². The summed E-state index contributed by atoms with van der Waals surface area (Å²) in [6.07, 6.45) is 0.108. The number of anilines is 1. The van der Waals surface area contributed by atoms with Crippen LogP contribution in [0.1, 0.15) is 19.4 Å². The highest BCUT2D eigenvalue weighted by Crippen LogP contribution is 2.25. The molecule has 0 aromatic heterocycles. The fourth-order valence-electron chi connectivity index (χ4n) is 1.80. The zero-order valence-electron chi connectivity index (χ0n) is 11.2. The number of para-hydroxylation sites is 2. The molecule has 100 valence electrons. The van der Waals surface area contributed by atoms with E-state index < -0.39 is 0 Å². The van der Waals surface area contributed by atoms with Gasteiger partial charge in [-0.2, -0.15) is 0 Å². The zero-order valence-corrected chi connectivity index (χ0v) is 11.2. The first kappa shape index (κ1) is 13.4. The fraction of sp³-hybridized carbons (Fsp3) is 0.250. The maximum absolute atomic E-state index is 13.5. The summed E-state index contributed by atoms with van der Waals surface area (Å²) in [5.74, 6) is 0.589. The maximum Gasteiger partial charge on any atom is 0.142 e. The van der Waals surface area contributed by atoms with E-state index in [4.69, 9.17) is 4.74 Å². The van der Waals surface area contributed by atoms with E-state index in [0.717, 1.165) is 11.4 Å². The van der Waals surface area contributed by atoms with Crippen molar-refractivity contribution < 1.29 is 9.13 Å². The van der Waals surface area contributed by atoms with Crippen LogP contribution in [0.5, 0.6) is 5.75 Å². The van der Waals surface area contributed by atoms with Crippen LogP contribution in [-0.2, 0) is 6.54 Å². The van der Waals surface area contributed by atoms with Gasteiger partial charge in [0.2, 0.25) is 0 Å². The number of rotatable bonds is 5. The Morgan fingerprint density at radius 1 is 1.05 bits per heavy atom. The predicted octanol–water partition coefficient (Wildman–Crippen LogP) is 4.23. The second-order valence-corrected chi connectivity index (χ2v) is 4.61. The van der Waals surface area contributed by atoms with Crippen molar-refractivity contribution in [3.63, 3.8) is 0 Å². The molecule has 0 atom stereocenters. The van der Waals surface area contributed by atoms with E-state index in [1.807, 2.05) is 44.2 Å². The van der Waals surface area contributed by atoms with Gasteiger partial charge in [-0.05, 0) is 32.0 Å². The molecule has 0 saturated heterocycles. The van der Waals surface area contributed by atoms with E-state index in [0.29, 0.717) is 12.1 Å². The highest BCUT2D eigenvalue weighted by atomic mass is 19.1. The first-order valence-electron chi connectivity index (χ1n) is 6.40. The van der Waals surface area contributed by atoms with Crippen LogP contribution in [0.3, 0.4) is 0 Å². The first-order valence-corrected chi connectivity index (χ1v) is 6.40. The fourth-order valence-corrected chi connectivity index (χ4v) is 1.80. The maximum atomic E-state index is 13.5. The third kappa shape index (κ3) is 3.71. The molecule has 0 aliphatic heterocycles. The van der Waals surface area contributed by atoms with Gasteiger partial charge in [0, 0.05) is 12.1 Å². The smallest absolute Gasteiger partial charge is 0.142 e. The van der Waals surface area contributed by atoms with Crippen molar-refractivity contribution in [1.29, 1.82) is 0 Å². The predicted molar refractivity (Wildman–Crippen MR) is 75.9 cm³/mol. The average Bonchev–Trinajstić information content (AvgIpc) is 2.39. The molecule has 19 heavy (non-hydrogen) atoms. The largest absolute Gasteiger partial charge is 0.489 e. The molecule has 0 fully saturated rings. The summed E-state index contributed by atoms with van der Waals surface area (Å²) in [6, 6.07) is 14.4. The van der Waals surface area contributed by atoms with E-state index >= 15 is 0 Å². The van der Waals surface area contributed by atoms with Gasteiger partial charge in [-0.15, -0.1) is 0 Å². The topological polar surface area (TPSA) is 21.3 Å². The van der Waals surface area contributed by atoms with E-state index in [-0.39, 0.29) is 11.9 Å². The van der Waals surface area contributed by atoms with E-state index in [9.17, 15) is 4.39 Å². The summed E-state index contributed by atoms with van der Waals surface area (Å²) in [4.78, 5) is 0. The molecule has 0 radical (unpaired) electrons. The molecule has 2 aromatic rings. The summed E-state index contributed by atoms with van der Waals surface area (Å²) in [5, 5.41) is 3.21. The first-order chi connectivity index (χ1) is 9.16. The van der Waals surface area contributed by atoms with Gasteiger partial charge in [0.05, 0.1) is 11.8 Å². The summed E-state index contributed by atoms with van der Waals surface area (Å²) in [7, 11) is 0. The lowest BCUT2D eigenvalue weighted by molar-refractivity contribution is 0.243. The molecule has 0 heterocycles. The lowest BCUT2D eigenvalue weighted by Crippen LogP contribution is -2.09. The molecule has 1 N–H and O–H groups in total. The Morgan fingerprint density at radius 2 is 1.74 bits per heavy atom. The van der Waals surface area contributed by atoms with Crippen molar-refractivity contribution >= 4 is 5.69 Å². The van der Waals surface area contributed by atoms with Gasteiger partial charge in [-0.25, -0.2) is 4.39 Å². The van der Waals surface area contributed by atoms with Crippen LogP contribution < -0.4 is 10.1 Å². The Hall–Kier alpha value is -2.03. The quantitative estimate of drug-likeness (QED) is 0.867. The van der Waals surface area contributed by atoms with Crippen molar-refractivity contribution in [1.82, 2.24) is 0 Å². The minimum atomic E-state index is -0.197. The molecule has 2 aromatic carbocycles. The van der Waals surface area contributed by atoms with E-state index in [1.165, 1.54) is 6.07 Å². The molecular formula is C16H18FNO. The Balaban J connectivity index is 2.09. The molecule has 0 aliphatic rings. The van der Waals surface area contributed by atoms with Crippen LogP contribution in [0.4, 0.5) is 10.1 Å². The van der Waals surface area contributed by atoms with E-state index in [1.54, 1.807) is 12.1 Å². The molecule has 0 amide bonds. The third-order valence-electron chi connectivity index (χ3n) is 2.68. The Kier molecular flexibility index (Phi) is 4.39. The summed E-state index contributed by atoms with van der Waals surface area (Å²) in [6.45, 7) is 4.40. The molecule has 3 heteroatoms. The van der Waals surface area contributed by atoms with Gasteiger partial charge < -0.3 is 10.1 Å². The summed E-state index contributed by atoms with van der Waals surface area (Å²) < 4.78 is 19.2. The van der Waals surface area contributed by atoms with Crippen LogP contribution in [0.15, 0.2) is 48.5 Å². The van der Waals surface area contributed by atoms with Gasteiger partial charge in [0.15, 0.2) is 0 Å². The van der Waals surface area contributed by atoms with Gasteiger partial charge in [0.25, 0.3) is 0 Å². The van der Waals surface area contributed by atoms with Crippen LogP contribution in [-0.4, -0.2) is 6.10 Å². The number of hydrogen-bond donors (Lipinski definition) is 1. The molecule has 0 unspecified atom stereocenters. The lowest BCUT2D eigenvalue weighted by atomic mass is 10.2. The highest BCUT2D eigenvalue weighted by molar-refractivity contribution is 5.56. The number of nitrogens with one attached hydrogen (secondary N) is 1. The number of benzene rings is 2. The van der Waals surface area contributed by atoms with Crippen LogP contribution in [0.2, 0.25) is 0 Å².